The molecule has 0 aliphatic heterocycles. The molecular weight excluding hydrogens is 291 g/mol. The van der Waals surface area contributed by atoms with Gasteiger partial charge in [0, 0.05) is 17.3 Å². The number of rotatable bonds is 4. The van der Waals surface area contributed by atoms with Gasteiger partial charge in [-0.3, -0.25) is 14.9 Å². The molecule has 2 aromatic rings. The molecule has 0 heterocycles. The van der Waals surface area contributed by atoms with Crippen LogP contribution in [0.15, 0.2) is 36.4 Å². The van der Waals surface area contributed by atoms with Gasteiger partial charge in [-0.25, -0.2) is 4.39 Å². The fourth-order valence-electron chi connectivity index (χ4n) is 1.85. The molecular formula is C15H13FN2O4. The molecule has 0 fully saturated rings. The molecule has 1 amide bonds. The average Bonchev–Trinajstić information content (AvgIpc) is 2.50. The molecule has 0 aromatic heterocycles. The summed E-state index contributed by atoms with van der Waals surface area (Å²) >= 11 is 0. The first-order valence-electron chi connectivity index (χ1n) is 6.32. The van der Waals surface area contributed by atoms with Crippen molar-refractivity contribution in [2.24, 2.45) is 0 Å². The third kappa shape index (κ3) is 3.20. The number of carbonyl (C=O) groups is 1. The summed E-state index contributed by atoms with van der Waals surface area (Å²) in [6.45, 7) is 1.60. The Morgan fingerprint density at radius 3 is 2.59 bits per heavy atom. The lowest BCUT2D eigenvalue weighted by atomic mass is 10.1. The Morgan fingerprint density at radius 1 is 1.27 bits per heavy atom. The maximum absolute atomic E-state index is 13.4. The molecule has 0 radical (unpaired) electrons. The topological polar surface area (TPSA) is 81.5 Å². The lowest BCUT2D eigenvalue weighted by molar-refractivity contribution is -0.385. The molecule has 0 atom stereocenters. The standard InChI is InChI=1S/C15H13FN2O4/c1-9-3-5-11(8-12(9)16)17-15(19)10-4-6-14(22-2)13(7-10)18(20)21/h3-8H,1-2H3,(H,17,19). The predicted octanol–water partition coefficient (Wildman–Crippen LogP) is 3.30. The lowest BCUT2D eigenvalue weighted by Gasteiger charge is -2.07. The van der Waals surface area contributed by atoms with Crippen molar-refractivity contribution in [3.63, 3.8) is 0 Å². The van der Waals surface area contributed by atoms with E-state index in [4.69, 9.17) is 4.74 Å². The Kier molecular flexibility index (Phi) is 4.36. The highest BCUT2D eigenvalue weighted by Gasteiger charge is 2.18. The molecule has 0 aliphatic rings. The third-order valence-corrected chi connectivity index (χ3v) is 3.07. The largest absolute Gasteiger partial charge is 0.490 e. The molecule has 0 bridgehead atoms. The van der Waals surface area contributed by atoms with E-state index in [9.17, 15) is 19.3 Å². The molecule has 0 spiro atoms. The van der Waals surface area contributed by atoms with Gasteiger partial charge in [0.15, 0.2) is 5.75 Å². The highest BCUT2D eigenvalue weighted by molar-refractivity contribution is 6.04. The van der Waals surface area contributed by atoms with Gasteiger partial charge in [0.2, 0.25) is 0 Å². The van der Waals surface area contributed by atoms with Crippen molar-refractivity contribution in [1.29, 1.82) is 0 Å². The monoisotopic (exact) mass is 304 g/mol. The Hall–Kier alpha value is -2.96. The average molecular weight is 304 g/mol. The van der Waals surface area contributed by atoms with Crippen molar-refractivity contribution in [1.82, 2.24) is 0 Å². The number of benzene rings is 2. The summed E-state index contributed by atoms with van der Waals surface area (Å²) in [6, 6.07) is 8.11. The van der Waals surface area contributed by atoms with Crippen molar-refractivity contribution in [2.45, 2.75) is 6.92 Å². The van der Waals surface area contributed by atoms with E-state index in [2.05, 4.69) is 5.32 Å². The Bertz CT molecular complexity index is 746. The number of anilines is 1. The minimum absolute atomic E-state index is 0.0583. The normalized spacial score (nSPS) is 10.1. The summed E-state index contributed by atoms with van der Waals surface area (Å²) in [6.07, 6.45) is 0. The van der Waals surface area contributed by atoms with Gasteiger partial charge in [-0.15, -0.1) is 0 Å². The summed E-state index contributed by atoms with van der Waals surface area (Å²) in [4.78, 5) is 22.4. The second kappa shape index (κ2) is 6.21. The van der Waals surface area contributed by atoms with Crippen LogP contribution in [-0.2, 0) is 0 Å². The number of amides is 1. The van der Waals surface area contributed by atoms with Crippen LogP contribution >= 0.6 is 0 Å². The zero-order valence-electron chi connectivity index (χ0n) is 11.9. The highest BCUT2D eigenvalue weighted by Crippen LogP contribution is 2.27. The van der Waals surface area contributed by atoms with Crippen molar-refractivity contribution in [3.8, 4) is 5.75 Å². The predicted molar refractivity (Wildman–Crippen MR) is 78.7 cm³/mol. The molecule has 114 valence electrons. The fraction of sp³-hybridized carbons (Fsp3) is 0.133. The van der Waals surface area contributed by atoms with Gasteiger partial charge in [-0.05, 0) is 36.8 Å². The van der Waals surface area contributed by atoms with Crippen molar-refractivity contribution in [2.75, 3.05) is 12.4 Å². The number of nitro benzene ring substituents is 1. The van der Waals surface area contributed by atoms with Crippen LogP contribution in [0.5, 0.6) is 5.75 Å². The van der Waals surface area contributed by atoms with Gasteiger partial charge in [-0.2, -0.15) is 0 Å². The molecule has 7 heteroatoms. The zero-order valence-corrected chi connectivity index (χ0v) is 11.9. The van der Waals surface area contributed by atoms with Crippen LogP contribution < -0.4 is 10.1 Å². The molecule has 0 saturated heterocycles. The SMILES string of the molecule is COc1ccc(C(=O)Nc2ccc(C)c(F)c2)cc1[N+](=O)[O-]. The van der Waals surface area contributed by atoms with Crippen molar-refractivity contribution >= 4 is 17.3 Å². The van der Waals surface area contributed by atoms with Gasteiger partial charge in [-0.1, -0.05) is 6.07 Å². The summed E-state index contributed by atoms with van der Waals surface area (Å²) < 4.78 is 18.3. The number of nitrogens with one attached hydrogen (secondary N) is 1. The van der Waals surface area contributed by atoms with Crippen LogP contribution in [0.3, 0.4) is 0 Å². The minimum Gasteiger partial charge on any atom is -0.490 e. The quantitative estimate of drug-likeness (QED) is 0.694. The Labute approximate surface area is 125 Å². The molecule has 1 N–H and O–H groups in total. The molecule has 0 unspecified atom stereocenters. The number of nitrogens with zero attached hydrogens (tertiary/aromatic N) is 1. The summed E-state index contributed by atoms with van der Waals surface area (Å²) in [5.74, 6) is -0.963. The molecule has 0 saturated carbocycles. The van der Waals surface area contributed by atoms with Gasteiger partial charge >= 0.3 is 5.69 Å². The van der Waals surface area contributed by atoms with Crippen LogP contribution in [0.1, 0.15) is 15.9 Å². The Morgan fingerprint density at radius 2 is 2.00 bits per heavy atom. The van der Waals surface area contributed by atoms with Gasteiger partial charge in [0.05, 0.1) is 12.0 Å². The summed E-state index contributed by atoms with van der Waals surface area (Å²) in [7, 11) is 1.30. The van der Waals surface area contributed by atoms with Crippen molar-refractivity contribution < 1.29 is 18.8 Å². The van der Waals surface area contributed by atoms with E-state index < -0.39 is 16.6 Å². The number of halogens is 1. The first-order valence-corrected chi connectivity index (χ1v) is 6.32. The summed E-state index contributed by atoms with van der Waals surface area (Å²) in [5.41, 5.74) is 0.489. The number of methoxy groups -OCH3 is 1. The zero-order chi connectivity index (χ0) is 16.3. The van der Waals surface area contributed by atoms with E-state index in [1.807, 2.05) is 0 Å². The maximum atomic E-state index is 13.4. The summed E-state index contributed by atoms with van der Waals surface area (Å²) in [5, 5.41) is 13.4. The van der Waals surface area contributed by atoms with E-state index >= 15 is 0 Å². The van der Waals surface area contributed by atoms with Crippen LogP contribution in [0.2, 0.25) is 0 Å². The number of aryl methyl sites for hydroxylation is 1. The molecule has 6 nitrogen and oxygen atoms in total. The first-order chi connectivity index (χ1) is 10.4. The van der Waals surface area contributed by atoms with Crippen LogP contribution in [0.25, 0.3) is 0 Å². The van der Waals surface area contributed by atoms with E-state index in [0.717, 1.165) is 6.07 Å². The van der Waals surface area contributed by atoms with E-state index in [-0.39, 0.29) is 22.7 Å². The first kappa shape index (κ1) is 15.4. The number of nitro groups is 1. The lowest BCUT2D eigenvalue weighted by Crippen LogP contribution is -2.12. The van der Waals surface area contributed by atoms with Crippen LogP contribution in [0, 0.1) is 22.9 Å². The van der Waals surface area contributed by atoms with Crippen LogP contribution in [0.4, 0.5) is 15.8 Å². The van der Waals surface area contributed by atoms with E-state index in [1.54, 1.807) is 13.0 Å². The molecule has 0 aliphatic carbocycles. The highest BCUT2D eigenvalue weighted by atomic mass is 19.1. The maximum Gasteiger partial charge on any atom is 0.311 e. The molecule has 2 rings (SSSR count). The smallest absolute Gasteiger partial charge is 0.311 e. The van der Waals surface area contributed by atoms with E-state index in [1.165, 1.54) is 31.4 Å². The van der Waals surface area contributed by atoms with E-state index in [0.29, 0.717) is 5.56 Å². The van der Waals surface area contributed by atoms with Gasteiger partial charge in [0.1, 0.15) is 5.82 Å². The number of ether oxygens (including phenoxy) is 1. The second-order valence-corrected chi connectivity index (χ2v) is 4.56. The number of hydrogen-bond donors (Lipinski definition) is 1. The van der Waals surface area contributed by atoms with Gasteiger partial charge in [0.25, 0.3) is 5.91 Å². The second-order valence-electron chi connectivity index (χ2n) is 4.56. The minimum atomic E-state index is -0.638. The fourth-order valence-corrected chi connectivity index (χ4v) is 1.85. The number of carbonyl (C=O) groups excluding carboxylic acids is 1. The third-order valence-electron chi connectivity index (χ3n) is 3.07. The molecule has 22 heavy (non-hydrogen) atoms. The Balaban J connectivity index is 2.27. The van der Waals surface area contributed by atoms with Gasteiger partial charge < -0.3 is 10.1 Å². The van der Waals surface area contributed by atoms with Crippen LogP contribution in [-0.4, -0.2) is 17.9 Å². The number of hydrogen-bond acceptors (Lipinski definition) is 4. The molecule has 2 aromatic carbocycles. The van der Waals surface area contributed by atoms with Crippen molar-refractivity contribution in [3.05, 3.63) is 63.5 Å².